The molecular formula is C28H34F3N5O3. The fourth-order valence-corrected chi connectivity index (χ4v) is 5.66. The lowest BCUT2D eigenvalue weighted by atomic mass is 9.89. The van der Waals surface area contributed by atoms with Crippen molar-refractivity contribution in [2.45, 2.75) is 62.8 Å². The third-order valence-electron chi connectivity index (χ3n) is 7.57. The molecule has 1 saturated carbocycles. The number of anilines is 2. The molecule has 0 bridgehead atoms. The summed E-state index contributed by atoms with van der Waals surface area (Å²) in [6, 6.07) is 14.8. The molecule has 5 rings (SSSR count). The van der Waals surface area contributed by atoms with Crippen molar-refractivity contribution in [2.75, 3.05) is 29.6 Å². The second-order valence-electron chi connectivity index (χ2n) is 10.3. The average Bonchev–Trinajstić information content (AvgIpc) is 3.38. The van der Waals surface area contributed by atoms with Crippen LogP contribution >= 0.6 is 0 Å². The number of nitrogens with one attached hydrogen (secondary N) is 2. The van der Waals surface area contributed by atoms with Crippen molar-refractivity contribution < 1.29 is 27.8 Å². The molecule has 2 aromatic rings. The molecule has 0 radical (unpaired) electrons. The van der Waals surface area contributed by atoms with Crippen molar-refractivity contribution in [3.8, 4) is 0 Å². The monoisotopic (exact) mass is 545 g/mol. The van der Waals surface area contributed by atoms with Crippen molar-refractivity contribution >= 4 is 17.5 Å². The minimum Gasteiger partial charge on any atom is -0.464 e. The van der Waals surface area contributed by atoms with E-state index in [4.69, 9.17) is 4.74 Å². The van der Waals surface area contributed by atoms with Gasteiger partial charge < -0.3 is 20.1 Å². The van der Waals surface area contributed by atoms with E-state index >= 15 is 0 Å². The number of hydrazine groups is 1. The lowest BCUT2D eigenvalue weighted by Gasteiger charge is -2.41. The molecule has 3 atom stereocenters. The fourth-order valence-electron chi connectivity index (χ4n) is 5.66. The van der Waals surface area contributed by atoms with Crippen molar-refractivity contribution in [2.24, 2.45) is 0 Å². The number of nitrogens with zero attached hydrogens (tertiary/aromatic N) is 3. The van der Waals surface area contributed by atoms with Gasteiger partial charge in [-0.05, 0) is 62.1 Å². The van der Waals surface area contributed by atoms with E-state index in [1.54, 1.807) is 47.6 Å². The Labute approximate surface area is 226 Å². The highest BCUT2D eigenvalue weighted by Gasteiger charge is 2.33. The Morgan fingerprint density at radius 2 is 1.69 bits per heavy atom. The topological polar surface area (TPSA) is 80.3 Å². The maximum atomic E-state index is 13.0. The lowest BCUT2D eigenvalue weighted by molar-refractivity contribution is -0.137. The smallest absolute Gasteiger partial charge is 0.418 e. The molecule has 2 heterocycles. The fraction of sp³-hybridized carbons (Fsp3) is 0.464. The van der Waals surface area contributed by atoms with Gasteiger partial charge in [-0.2, -0.15) is 13.2 Å². The number of hydrogen-bond acceptors (Lipinski definition) is 6. The normalized spacial score (nSPS) is 23.8. The van der Waals surface area contributed by atoms with E-state index in [-0.39, 0.29) is 30.7 Å². The van der Waals surface area contributed by atoms with Crippen molar-refractivity contribution in [3.05, 3.63) is 72.2 Å². The van der Waals surface area contributed by atoms with Crippen LogP contribution < -0.4 is 20.5 Å². The number of alkyl halides is 3. The Bertz CT molecular complexity index is 1150. The Morgan fingerprint density at radius 3 is 2.38 bits per heavy atom. The maximum absolute atomic E-state index is 13.0. The Hall–Kier alpha value is -3.44. The number of piperidine rings is 1. The molecule has 2 fully saturated rings. The average molecular weight is 546 g/mol. The Morgan fingerprint density at radius 1 is 0.974 bits per heavy atom. The Kier molecular flexibility index (Phi) is 8.18. The van der Waals surface area contributed by atoms with Gasteiger partial charge in [0.1, 0.15) is 0 Å². The molecule has 8 nitrogen and oxygen atoms in total. The first-order valence-electron chi connectivity index (χ1n) is 13.4. The minimum atomic E-state index is -4.34. The molecule has 2 aliphatic heterocycles. The second kappa shape index (κ2) is 11.7. The molecule has 39 heavy (non-hydrogen) atoms. The molecule has 1 amide bonds. The summed E-state index contributed by atoms with van der Waals surface area (Å²) in [4.78, 5) is 15.2. The van der Waals surface area contributed by atoms with Gasteiger partial charge in [-0.1, -0.05) is 31.0 Å². The second-order valence-corrected chi connectivity index (χ2v) is 10.3. The largest absolute Gasteiger partial charge is 0.464 e. The molecular weight excluding hydrogens is 511 g/mol. The van der Waals surface area contributed by atoms with E-state index in [0.717, 1.165) is 74.3 Å². The van der Waals surface area contributed by atoms with Crippen molar-refractivity contribution in [1.82, 2.24) is 15.8 Å². The van der Waals surface area contributed by atoms with E-state index in [9.17, 15) is 23.1 Å². The van der Waals surface area contributed by atoms with Crippen LogP contribution in [0.3, 0.4) is 0 Å². The first-order chi connectivity index (χ1) is 18.8. The predicted molar refractivity (Wildman–Crippen MR) is 142 cm³/mol. The summed E-state index contributed by atoms with van der Waals surface area (Å²) in [5, 5.41) is 15.4. The standard InChI is InChI=1S/C28H34F3N5O3/c29-28(30,31)20-12-14-22(15-13-20)34-16-6-7-21(17-34)32-24-10-4-5-11-25(24)33-35-18-26(39-19-35)36(27(37)38)23-8-2-1-3-9-23/h1-3,8-9,12-15,18,21,24-25,32-33H,4-7,10-11,16-17,19H2,(H,37,38)/t21?,24-,25?/m0/s1. The first kappa shape index (κ1) is 27.1. The molecule has 1 aliphatic carbocycles. The van der Waals surface area contributed by atoms with Gasteiger partial charge in [0, 0.05) is 36.9 Å². The SMILES string of the molecule is O=C(O)N(C1=CN(NC2CCCC[C@@H]2NC2CCCN(c3ccc(C(F)(F)F)cc3)C2)CO1)c1ccccc1. The molecule has 11 heteroatoms. The van der Waals surface area contributed by atoms with Crippen LogP contribution in [0.2, 0.25) is 0 Å². The van der Waals surface area contributed by atoms with E-state index in [0.29, 0.717) is 5.69 Å². The van der Waals surface area contributed by atoms with Gasteiger partial charge in [0.05, 0.1) is 17.5 Å². The van der Waals surface area contributed by atoms with Crippen LogP contribution in [0.5, 0.6) is 0 Å². The van der Waals surface area contributed by atoms with Gasteiger partial charge in [-0.25, -0.2) is 15.1 Å². The van der Waals surface area contributed by atoms with Gasteiger partial charge in [-0.15, -0.1) is 0 Å². The lowest BCUT2D eigenvalue weighted by Crippen LogP contribution is -2.58. The molecule has 210 valence electrons. The van der Waals surface area contributed by atoms with Crippen LogP contribution in [-0.4, -0.2) is 54.2 Å². The van der Waals surface area contributed by atoms with Crippen molar-refractivity contribution in [3.63, 3.8) is 0 Å². The summed E-state index contributed by atoms with van der Waals surface area (Å²) in [5.74, 6) is 0.237. The van der Waals surface area contributed by atoms with Gasteiger partial charge in [0.15, 0.2) is 6.73 Å². The summed E-state index contributed by atoms with van der Waals surface area (Å²) in [5.41, 5.74) is 4.21. The number of ether oxygens (including phenoxy) is 1. The summed E-state index contributed by atoms with van der Waals surface area (Å²) < 4.78 is 44.6. The first-order valence-corrected chi connectivity index (χ1v) is 13.4. The number of para-hydroxylation sites is 1. The van der Waals surface area contributed by atoms with E-state index in [1.165, 1.54) is 0 Å². The molecule has 2 aromatic carbocycles. The van der Waals surface area contributed by atoms with Crippen molar-refractivity contribution in [1.29, 1.82) is 0 Å². The predicted octanol–water partition coefficient (Wildman–Crippen LogP) is 5.35. The number of amides is 1. The number of carboxylic acid groups (broad SMARTS) is 1. The number of carbonyl (C=O) groups is 1. The quantitative estimate of drug-likeness (QED) is 0.433. The van der Waals surface area contributed by atoms with Crippen LogP contribution in [0, 0.1) is 0 Å². The van der Waals surface area contributed by atoms with Gasteiger partial charge in [0.2, 0.25) is 5.88 Å². The van der Waals surface area contributed by atoms with Gasteiger partial charge in [0.25, 0.3) is 0 Å². The molecule has 0 spiro atoms. The zero-order valence-electron chi connectivity index (χ0n) is 21.6. The van der Waals surface area contributed by atoms with E-state index in [2.05, 4.69) is 15.6 Å². The van der Waals surface area contributed by atoms with Gasteiger partial charge in [-0.3, -0.25) is 5.01 Å². The highest BCUT2D eigenvalue weighted by atomic mass is 19.4. The summed E-state index contributed by atoms with van der Waals surface area (Å²) >= 11 is 0. The molecule has 1 saturated heterocycles. The molecule has 3 N–H and O–H groups in total. The van der Waals surface area contributed by atoms with Crippen LogP contribution in [0.1, 0.15) is 44.1 Å². The minimum absolute atomic E-state index is 0.134. The highest BCUT2D eigenvalue weighted by molar-refractivity contribution is 5.89. The molecule has 0 aromatic heterocycles. The maximum Gasteiger partial charge on any atom is 0.418 e. The van der Waals surface area contributed by atoms with Crippen LogP contribution in [0.4, 0.5) is 29.3 Å². The van der Waals surface area contributed by atoms with E-state index in [1.807, 2.05) is 6.07 Å². The van der Waals surface area contributed by atoms with E-state index < -0.39 is 17.8 Å². The number of rotatable bonds is 7. The van der Waals surface area contributed by atoms with Crippen LogP contribution in [0.25, 0.3) is 0 Å². The van der Waals surface area contributed by atoms with Crippen LogP contribution in [0.15, 0.2) is 66.7 Å². The summed E-state index contributed by atoms with van der Waals surface area (Å²) in [7, 11) is 0. The zero-order chi connectivity index (χ0) is 27.4. The Balaban J connectivity index is 1.20. The van der Waals surface area contributed by atoms with Gasteiger partial charge >= 0.3 is 12.3 Å². The third-order valence-corrected chi connectivity index (χ3v) is 7.57. The summed E-state index contributed by atoms with van der Waals surface area (Å²) in [6.07, 6.45) is 2.36. The zero-order valence-corrected chi connectivity index (χ0v) is 21.6. The highest BCUT2D eigenvalue weighted by Crippen LogP contribution is 2.31. The number of benzene rings is 2. The molecule has 3 aliphatic rings. The summed E-state index contributed by atoms with van der Waals surface area (Å²) in [6.45, 7) is 1.74. The third kappa shape index (κ3) is 6.59. The number of hydrogen-bond donors (Lipinski definition) is 3. The molecule has 2 unspecified atom stereocenters. The number of halogens is 3. The van der Waals surface area contributed by atoms with Crippen LogP contribution in [-0.2, 0) is 10.9 Å².